The van der Waals surface area contributed by atoms with E-state index in [0.717, 1.165) is 0 Å². The van der Waals surface area contributed by atoms with E-state index >= 15 is 4.79 Å². The number of aliphatic hydroxyl groups excluding tert-OH is 6. The molecule has 9 N–H and O–H groups in total. The van der Waals surface area contributed by atoms with Crippen molar-refractivity contribution < 1.29 is 127 Å². The van der Waals surface area contributed by atoms with Crippen molar-refractivity contribution in [2.45, 2.75) is 255 Å². The Hall–Kier alpha value is -4.30. The third kappa shape index (κ3) is 14.3. The fourth-order valence-electron chi connectivity index (χ4n) is 12.0. The molecule has 0 spiro atoms. The number of esters is 2. The molecule has 0 bridgehead atoms. The molecule has 8 rings (SSSR count). The second-order valence-electron chi connectivity index (χ2n) is 23.5. The highest BCUT2D eigenvalue weighted by Gasteiger charge is 2.52. The summed E-state index contributed by atoms with van der Waals surface area (Å²) in [5, 5.41) is 99.7. The van der Waals surface area contributed by atoms with Crippen molar-refractivity contribution in [2.75, 3.05) is 7.11 Å². The smallest absolute Gasteiger partial charge is 0.308 e. The molecule has 6 aliphatic rings. The molecule has 1 aliphatic carbocycles. The van der Waals surface area contributed by atoms with Gasteiger partial charge in [-0.2, -0.15) is 0 Å². The van der Waals surface area contributed by atoms with E-state index in [1.165, 1.54) is 53.0 Å². The first-order chi connectivity index (χ1) is 39.0. The van der Waals surface area contributed by atoms with E-state index in [1.54, 1.807) is 41.5 Å². The molecule has 26 heteroatoms. The minimum absolute atomic E-state index is 0.0277. The maximum Gasteiger partial charge on any atom is 0.308 e. The highest BCUT2D eigenvalue weighted by Crippen LogP contribution is 2.46. The van der Waals surface area contributed by atoms with Crippen LogP contribution < -0.4 is 4.74 Å². The zero-order valence-electron chi connectivity index (χ0n) is 48.4. The average Bonchev–Trinajstić information content (AvgIpc) is 1.56. The molecule has 0 radical (unpaired) electrons. The topological polar surface area (TPSA) is 370 Å². The van der Waals surface area contributed by atoms with Crippen LogP contribution in [0.2, 0.25) is 0 Å². The number of rotatable bonds is 18. The maximum absolute atomic E-state index is 15.1. The molecule has 26 nitrogen and oxygen atoms in total. The van der Waals surface area contributed by atoms with Crippen molar-refractivity contribution in [3.8, 4) is 17.2 Å². The van der Waals surface area contributed by atoms with Crippen molar-refractivity contribution in [3.63, 3.8) is 0 Å². The van der Waals surface area contributed by atoms with Gasteiger partial charge in [0, 0.05) is 58.1 Å². The number of hydrogen-bond donors (Lipinski definition) is 9. The molecule has 5 aliphatic heterocycles. The average molecular weight is 1180 g/mol. The molecular weight excluding hydrogens is 1100 g/mol. The number of aliphatic hydroxyl groups is 7. The molecule has 5 fully saturated rings. The fourth-order valence-corrected chi connectivity index (χ4v) is 12.0. The molecule has 466 valence electrons. The fraction of sp³-hybridized carbons (Fsp3) is 0.754. The second kappa shape index (κ2) is 26.4. The van der Waals surface area contributed by atoms with Crippen LogP contribution in [0.25, 0.3) is 10.8 Å². The number of aromatic hydroxyl groups is 2. The Morgan fingerprint density at radius 2 is 1.23 bits per heavy atom. The van der Waals surface area contributed by atoms with Crippen molar-refractivity contribution in [1.82, 2.24) is 0 Å². The van der Waals surface area contributed by atoms with E-state index in [-0.39, 0.29) is 66.2 Å². The quantitative estimate of drug-likeness (QED) is 0.0948. The third-order valence-electron chi connectivity index (χ3n) is 16.4. The van der Waals surface area contributed by atoms with Crippen molar-refractivity contribution >= 4 is 34.3 Å². The number of ketones is 2. The lowest BCUT2D eigenvalue weighted by atomic mass is 9.75. The first-order valence-electron chi connectivity index (χ1n) is 28.3. The van der Waals surface area contributed by atoms with E-state index < -0.39 is 194 Å². The molecule has 1 unspecified atom stereocenters. The summed E-state index contributed by atoms with van der Waals surface area (Å²) in [6.07, 6.45) is -27.4. The van der Waals surface area contributed by atoms with Crippen LogP contribution in [0.1, 0.15) is 117 Å². The predicted octanol–water partition coefficient (Wildman–Crippen LogP) is 1.22. The third-order valence-corrected chi connectivity index (χ3v) is 16.4. The lowest BCUT2D eigenvalue weighted by molar-refractivity contribution is -0.334. The zero-order valence-corrected chi connectivity index (χ0v) is 48.4. The summed E-state index contributed by atoms with van der Waals surface area (Å²) in [6.45, 7) is 15.2. The van der Waals surface area contributed by atoms with Crippen LogP contribution in [0.4, 0.5) is 0 Å². The first kappa shape index (κ1) is 64.7. The number of phenolic OH excluding ortho intramolecular Hbond substituents is 2. The van der Waals surface area contributed by atoms with Gasteiger partial charge < -0.3 is 108 Å². The van der Waals surface area contributed by atoms with Gasteiger partial charge in [0.15, 0.2) is 48.9 Å². The van der Waals surface area contributed by atoms with Gasteiger partial charge in [-0.25, -0.2) is 0 Å². The number of carbonyl (C=O) groups is 4. The van der Waals surface area contributed by atoms with Crippen LogP contribution in [0.3, 0.4) is 0 Å². The van der Waals surface area contributed by atoms with Crippen molar-refractivity contribution in [3.05, 3.63) is 29.3 Å². The van der Waals surface area contributed by atoms with E-state index in [0.29, 0.717) is 0 Å². The van der Waals surface area contributed by atoms with Crippen LogP contribution in [0.5, 0.6) is 17.2 Å². The van der Waals surface area contributed by atoms with Gasteiger partial charge in [0.1, 0.15) is 65.6 Å². The molecule has 2 aromatic carbocycles. The standard InChI is InChI=1S/C57H82O26/c1-21(2)56(69)83-55-27(8)76-42(20-57(55,10)70)80-36-17-40(73-24(5)48(36)65)79-35-18-41(74-25(6)47(35)64)82-54-32(53(71-11)51(68)45(62)22(3)58)14-30-12-29-13-31(15-33(60)43(29)49(66)44(30)50(54)67)78-39-19-37(52(26(7)75-39)77-28(9)59)81-38-16-34(61)46(63)23(4)72-38/h12-13,15,21-27,32,34-42,45-48,52-55,58,60-66,70H,14,16-20H2,1-11H3/t22-,23-,24-,25-,26-,27+,32?,34-,35-,36-,37-,38-,39+,40+,41-,42+,45+,46+,47-,48-,52+,53+,54+,55+,57-/m1/s1. The molecule has 0 aromatic heterocycles. The molecule has 0 saturated carbocycles. The number of ether oxygens (including phenoxy) is 13. The van der Waals surface area contributed by atoms with Crippen LogP contribution in [0, 0.1) is 11.8 Å². The molecule has 83 heavy (non-hydrogen) atoms. The summed E-state index contributed by atoms with van der Waals surface area (Å²) in [7, 11) is 1.17. The summed E-state index contributed by atoms with van der Waals surface area (Å²) in [4.78, 5) is 53.7. The Kier molecular flexibility index (Phi) is 20.5. The van der Waals surface area contributed by atoms with E-state index in [4.69, 9.17) is 61.6 Å². The minimum Gasteiger partial charge on any atom is -0.507 e. The Labute approximate surface area is 480 Å². The van der Waals surface area contributed by atoms with Gasteiger partial charge >= 0.3 is 11.9 Å². The van der Waals surface area contributed by atoms with Gasteiger partial charge in [0.05, 0.1) is 71.8 Å². The summed E-state index contributed by atoms with van der Waals surface area (Å²) in [5.41, 5.74) is -1.68. The van der Waals surface area contributed by atoms with Crippen LogP contribution in [0.15, 0.2) is 18.2 Å². The Morgan fingerprint density at radius 3 is 1.80 bits per heavy atom. The summed E-state index contributed by atoms with van der Waals surface area (Å²) in [5.74, 6) is -5.87. The summed E-state index contributed by atoms with van der Waals surface area (Å²) in [6, 6.07) is 4.15. The summed E-state index contributed by atoms with van der Waals surface area (Å²) >= 11 is 0. The van der Waals surface area contributed by atoms with Crippen LogP contribution in [-0.2, 0) is 77.6 Å². The number of Topliss-reactive ketones (excluding diaryl/α,β-unsaturated/α-hetero) is 2. The number of hydrogen-bond acceptors (Lipinski definition) is 26. The van der Waals surface area contributed by atoms with Gasteiger partial charge in [-0.3, -0.25) is 19.2 Å². The van der Waals surface area contributed by atoms with Crippen molar-refractivity contribution in [1.29, 1.82) is 0 Å². The first-order valence-corrected chi connectivity index (χ1v) is 28.3. The SMILES string of the molecule is CO[C@H](C(=O)[C@@H](O)[C@@H](C)O)C1Cc2cc3cc(O[C@H]4C[C@@H](O[C@@H]5C[C@@H](O)[C@@H](O)[C@@H](C)O5)[C@@H](OC(C)=O)[C@@H](C)O4)cc(O)c3c(O)c2C(=O)[C@H]1O[C@@H]1C[C@@H](O[C@H]2C[C@@H](O[C@H]3C[C@@](C)(O)[C@@H](OC(=O)C(C)C)[C@H](C)O3)[C@H](O)[C@@H](C)O2)[C@H](O)[C@@H](C)O1. The Morgan fingerprint density at radius 1 is 0.687 bits per heavy atom. The largest absolute Gasteiger partial charge is 0.507 e. The summed E-state index contributed by atoms with van der Waals surface area (Å²) < 4.78 is 78.5. The molecular formula is C57H82O26. The Bertz CT molecular complexity index is 2600. The minimum atomic E-state index is -1.97. The lowest BCUT2D eigenvalue weighted by Crippen LogP contribution is -2.59. The van der Waals surface area contributed by atoms with E-state index in [1.807, 2.05) is 0 Å². The normalized spacial score (nSPS) is 39.8. The molecule has 25 atom stereocenters. The number of benzene rings is 2. The maximum atomic E-state index is 15.1. The second-order valence-corrected chi connectivity index (χ2v) is 23.5. The molecule has 2 aromatic rings. The number of carbonyl (C=O) groups excluding carboxylic acids is 4. The highest BCUT2D eigenvalue weighted by molar-refractivity contribution is 6.11. The lowest BCUT2D eigenvalue weighted by Gasteiger charge is -2.47. The molecule has 5 saturated heterocycles. The monoisotopic (exact) mass is 1180 g/mol. The predicted molar refractivity (Wildman–Crippen MR) is 282 cm³/mol. The number of methoxy groups -OCH3 is 1. The van der Waals surface area contributed by atoms with Crippen LogP contribution >= 0.6 is 0 Å². The van der Waals surface area contributed by atoms with Crippen molar-refractivity contribution in [2.24, 2.45) is 11.8 Å². The van der Waals surface area contributed by atoms with Gasteiger partial charge in [-0.05, 0) is 78.0 Å². The van der Waals surface area contributed by atoms with Gasteiger partial charge in [0.2, 0.25) is 6.29 Å². The highest BCUT2D eigenvalue weighted by atomic mass is 16.7. The van der Waals surface area contributed by atoms with Gasteiger partial charge in [-0.1, -0.05) is 13.8 Å². The van der Waals surface area contributed by atoms with Crippen LogP contribution in [-0.4, -0.2) is 223 Å². The Balaban J connectivity index is 1.02. The number of fused-ring (bicyclic) bond motifs is 2. The molecule has 0 amide bonds. The van der Waals surface area contributed by atoms with Gasteiger partial charge in [0.25, 0.3) is 0 Å². The zero-order chi connectivity index (χ0) is 60.8. The van der Waals surface area contributed by atoms with E-state index in [9.17, 15) is 60.3 Å². The van der Waals surface area contributed by atoms with Gasteiger partial charge in [-0.15, -0.1) is 0 Å². The molecule has 5 heterocycles. The van der Waals surface area contributed by atoms with E-state index in [2.05, 4.69) is 0 Å². The number of phenols is 2.